The number of nitrogens with zero attached hydrogens (tertiary/aromatic N) is 4. The van der Waals surface area contributed by atoms with E-state index in [0.717, 1.165) is 28.3 Å². The maximum atomic E-state index is 12.5. The number of rotatable bonds is 9. The van der Waals surface area contributed by atoms with Crippen LogP contribution in [0.5, 0.6) is 11.5 Å². The van der Waals surface area contributed by atoms with E-state index in [2.05, 4.69) is 20.7 Å². The van der Waals surface area contributed by atoms with Crippen LogP contribution in [0.1, 0.15) is 12.5 Å². The number of methoxy groups -OCH3 is 2. The van der Waals surface area contributed by atoms with Gasteiger partial charge in [-0.2, -0.15) is 5.10 Å². The second-order valence-corrected chi connectivity index (χ2v) is 8.40. The van der Waals surface area contributed by atoms with Gasteiger partial charge in [-0.3, -0.25) is 9.36 Å². The van der Waals surface area contributed by atoms with Crippen molar-refractivity contribution in [1.82, 2.24) is 20.2 Å². The molecule has 3 aromatic carbocycles. The lowest BCUT2D eigenvalue weighted by Gasteiger charge is -2.10. The summed E-state index contributed by atoms with van der Waals surface area (Å²) < 4.78 is 12.4. The highest BCUT2D eigenvalue weighted by Crippen LogP contribution is 2.29. The summed E-state index contributed by atoms with van der Waals surface area (Å²) in [5, 5.41) is 13.6. The second-order valence-electron chi connectivity index (χ2n) is 7.46. The smallest absolute Gasteiger partial charge is 0.250 e. The molecule has 0 fully saturated rings. The fourth-order valence-corrected chi connectivity index (χ4v) is 4.07. The lowest BCUT2D eigenvalue weighted by molar-refractivity contribution is -0.118. The lowest BCUT2D eigenvalue weighted by Crippen LogP contribution is -2.21. The van der Waals surface area contributed by atoms with Gasteiger partial charge < -0.3 is 9.47 Å². The Balaban J connectivity index is 1.50. The molecule has 8 nitrogen and oxygen atoms in total. The van der Waals surface area contributed by atoms with Gasteiger partial charge in [0.1, 0.15) is 11.5 Å². The maximum absolute atomic E-state index is 12.5. The van der Waals surface area contributed by atoms with E-state index >= 15 is 0 Å². The van der Waals surface area contributed by atoms with Crippen LogP contribution in [0.2, 0.25) is 0 Å². The van der Waals surface area contributed by atoms with E-state index in [0.29, 0.717) is 16.7 Å². The summed E-state index contributed by atoms with van der Waals surface area (Å²) in [6, 6.07) is 24.9. The van der Waals surface area contributed by atoms with E-state index < -0.39 is 0 Å². The number of benzene rings is 3. The van der Waals surface area contributed by atoms with Crippen LogP contribution in [0.4, 0.5) is 0 Å². The number of ether oxygens (including phenoxy) is 2. The van der Waals surface area contributed by atoms with Crippen LogP contribution in [0.3, 0.4) is 0 Å². The zero-order valence-corrected chi connectivity index (χ0v) is 20.5. The Morgan fingerprint density at radius 3 is 2.40 bits per heavy atom. The van der Waals surface area contributed by atoms with Gasteiger partial charge in [-0.15, -0.1) is 10.2 Å². The van der Waals surface area contributed by atoms with Crippen molar-refractivity contribution in [3.63, 3.8) is 0 Å². The van der Waals surface area contributed by atoms with Crippen LogP contribution < -0.4 is 14.9 Å². The van der Waals surface area contributed by atoms with Gasteiger partial charge in [0.25, 0.3) is 5.91 Å². The molecule has 0 unspecified atom stereocenters. The molecule has 178 valence electrons. The van der Waals surface area contributed by atoms with Gasteiger partial charge >= 0.3 is 0 Å². The van der Waals surface area contributed by atoms with Crippen LogP contribution in [0, 0.1) is 0 Å². The molecule has 1 heterocycles. The van der Waals surface area contributed by atoms with Crippen LogP contribution in [0.15, 0.2) is 89.1 Å². The fourth-order valence-electron chi connectivity index (χ4n) is 3.32. The lowest BCUT2D eigenvalue weighted by atomic mass is 10.1. The van der Waals surface area contributed by atoms with Crippen LogP contribution in [-0.2, 0) is 4.79 Å². The van der Waals surface area contributed by atoms with Gasteiger partial charge in [-0.1, -0.05) is 42.1 Å². The quantitative estimate of drug-likeness (QED) is 0.211. The number of nitrogens with one attached hydrogen (secondary N) is 1. The van der Waals surface area contributed by atoms with Crippen LogP contribution in [0.25, 0.3) is 17.1 Å². The first kappa shape index (κ1) is 24.0. The summed E-state index contributed by atoms with van der Waals surface area (Å²) in [6.45, 7) is 1.83. The average molecular weight is 488 g/mol. The molecule has 0 saturated carbocycles. The molecule has 1 N–H and O–H groups in total. The average Bonchev–Trinajstić information content (AvgIpc) is 3.35. The van der Waals surface area contributed by atoms with Crippen molar-refractivity contribution in [3.05, 3.63) is 84.4 Å². The molecule has 4 rings (SSSR count). The SMILES string of the molecule is COc1ccc(-c2nnc(SCC(=O)NN=C(C)c3cccc(OC)c3)n2-c2ccccc2)cc1. The van der Waals surface area contributed by atoms with Gasteiger partial charge in [0.2, 0.25) is 0 Å². The number of hydrogen-bond donors (Lipinski definition) is 1. The highest BCUT2D eigenvalue weighted by Gasteiger charge is 2.17. The number of hydrogen-bond acceptors (Lipinski definition) is 7. The van der Waals surface area contributed by atoms with Gasteiger partial charge in [-0.25, -0.2) is 5.43 Å². The van der Waals surface area contributed by atoms with Crippen molar-refractivity contribution in [3.8, 4) is 28.6 Å². The monoisotopic (exact) mass is 487 g/mol. The zero-order chi connectivity index (χ0) is 24.6. The minimum absolute atomic E-state index is 0.127. The van der Waals surface area contributed by atoms with E-state index in [9.17, 15) is 4.79 Å². The predicted molar refractivity (Wildman–Crippen MR) is 137 cm³/mol. The summed E-state index contributed by atoms with van der Waals surface area (Å²) in [6.07, 6.45) is 0. The number of amides is 1. The number of carbonyl (C=O) groups excluding carboxylic acids is 1. The van der Waals surface area contributed by atoms with Crippen molar-refractivity contribution in [2.24, 2.45) is 5.10 Å². The second kappa shape index (κ2) is 11.3. The van der Waals surface area contributed by atoms with Crippen molar-refractivity contribution in [2.75, 3.05) is 20.0 Å². The largest absolute Gasteiger partial charge is 0.497 e. The van der Waals surface area contributed by atoms with E-state index in [1.165, 1.54) is 11.8 Å². The van der Waals surface area contributed by atoms with Crippen molar-refractivity contribution < 1.29 is 14.3 Å². The third-order valence-corrected chi connectivity index (χ3v) is 6.09. The van der Waals surface area contributed by atoms with Crippen LogP contribution >= 0.6 is 11.8 Å². The molecule has 35 heavy (non-hydrogen) atoms. The van der Waals surface area contributed by atoms with E-state index in [1.54, 1.807) is 14.2 Å². The molecule has 1 aromatic heterocycles. The standard InChI is InChI=1S/C26H25N5O3S/c1-18(20-8-7-11-23(16-20)34-3)27-28-24(32)17-35-26-30-29-25(19-12-14-22(33-2)15-13-19)31(26)21-9-5-4-6-10-21/h4-16H,17H2,1-3H3,(H,28,32). The van der Waals surface area contributed by atoms with E-state index in [-0.39, 0.29) is 11.7 Å². The molecule has 1 amide bonds. The topological polar surface area (TPSA) is 90.6 Å². The van der Waals surface area contributed by atoms with E-state index in [4.69, 9.17) is 9.47 Å². The Hall–Kier alpha value is -4.11. The highest BCUT2D eigenvalue weighted by molar-refractivity contribution is 7.99. The van der Waals surface area contributed by atoms with Gasteiger partial charge in [-0.05, 0) is 55.5 Å². The number of aromatic nitrogens is 3. The first-order valence-corrected chi connectivity index (χ1v) is 11.8. The first-order valence-electron chi connectivity index (χ1n) is 10.8. The molecule has 4 aromatic rings. The fraction of sp³-hybridized carbons (Fsp3) is 0.154. The van der Waals surface area contributed by atoms with Crippen molar-refractivity contribution in [1.29, 1.82) is 0 Å². The minimum Gasteiger partial charge on any atom is -0.497 e. The third-order valence-electron chi connectivity index (χ3n) is 5.16. The molecule has 0 aliphatic carbocycles. The Bertz CT molecular complexity index is 1320. The Morgan fingerprint density at radius 2 is 1.69 bits per heavy atom. The molecular formula is C26H25N5O3S. The predicted octanol–water partition coefficient (Wildman–Crippen LogP) is 4.58. The molecule has 0 radical (unpaired) electrons. The van der Waals surface area contributed by atoms with Gasteiger partial charge in [0.15, 0.2) is 11.0 Å². The molecule has 0 bridgehead atoms. The summed E-state index contributed by atoms with van der Waals surface area (Å²) in [7, 11) is 3.24. The van der Waals surface area contributed by atoms with Crippen molar-refractivity contribution >= 4 is 23.4 Å². The molecule has 0 atom stereocenters. The van der Waals surface area contributed by atoms with Gasteiger partial charge in [0, 0.05) is 16.8 Å². The third kappa shape index (κ3) is 5.88. The number of para-hydroxylation sites is 1. The summed E-state index contributed by atoms with van der Waals surface area (Å²) in [5.74, 6) is 2.05. The highest BCUT2D eigenvalue weighted by atomic mass is 32.2. The molecule has 0 spiro atoms. The number of carbonyl (C=O) groups is 1. The van der Waals surface area contributed by atoms with E-state index in [1.807, 2.05) is 90.4 Å². The normalized spacial score (nSPS) is 11.2. The summed E-state index contributed by atoms with van der Waals surface area (Å²) in [4.78, 5) is 12.5. The Kier molecular flexibility index (Phi) is 7.79. The Morgan fingerprint density at radius 1 is 0.943 bits per heavy atom. The number of thioether (sulfide) groups is 1. The molecule has 0 aliphatic rings. The molecule has 0 aliphatic heterocycles. The molecule has 9 heteroatoms. The van der Waals surface area contributed by atoms with Gasteiger partial charge in [0.05, 0.1) is 25.7 Å². The summed E-state index contributed by atoms with van der Waals surface area (Å²) >= 11 is 1.29. The maximum Gasteiger partial charge on any atom is 0.250 e. The number of hydrazone groups is 1. The minimum atomic E-state index is -0.245. The Labute approximate surface area is 208 Å². The zero-order valence-electron chi connectivity index (χ0n) is 19.6. The molecule has 0 saturated heterocycles. The van der Waals surface area contributed by atoms with Crippen LogP contribution in [-0.4, -0.2) is 46.4 Å². The molecular weight excluding hydrogens is 462 g/mol. The van der Waals surface area contributed by atoms with Crippen molar-refractivity contribution in [2.45, 2.75) is 12.1 Å². The first-order chi connectivity index (χ1) is 17.1. The summed E-state index contributed by atoms with van der Waals surface area (Å²) in [5.41, 5.74) is 5.95.